The van der Waals surface area contributed by atoms with Crippen LogP contribution in [0.2, 0.25) is 10.0 Å². The van der Waals surface area contributed by atoms with Crippen LogP contribution in [0, 0.1) is 0 Å². The number of aromatic amines is 1. The number of hydrogen-bond donors (Lipinski definition) is 3. The predicted octanol–water partition coefficient (Wildman–Crippen LogP) is 3.46. The second-order valence-corrected chi connectivity index (χ2v) is 7.11. The average molecular weight is 415 g/mol. The maximum atomic E-state index is 12.5. The van der Waals surface area contributed by atoms with E-state index < -0.39 is 5.56 Å². The number of benzene rings is 2. The Kier molecular flexibility index (Phi) is 4.93. The fourth-order valence-electron chi connectivity index (χ4n) is 2.97. The Morgan fingerprint density at radius 3 is 2.61 bits per heavy atom. The van der Waals surface area contributed by atoms with Crippen LogP contribution in [0.25, 0.3) is 22.2 Å². The molecule has 0 atom stereocenters. The van der Waals surface area contributed by atoms with Crippen LogP contribution >= 0.6 is 23.2 Å². The van der Waals surface area contributed by atoms with Crippen LogP contribution in [-0.4, -0.2) is 26.4 Å². The zero-order valence-corrected chi connectivity index (χ0v) is 16.1. The Balaban J connectivity index is 1.50. The number of rotatable bonds is 5. The molecule has 28 heavy (non-hydrogen) atoms. The molecular formula is C19H16Cl2N6O. The van der Waals surface area contributed by atoms with Crippen LogP contribution in [0.1, 0.15) is 5.56 Å². The predicted molar refractivity (Wildman–Crippen MR) is 112 cm³/mol. The molecule has 142 valence electrons. The molecule has 0 aliphatic carbocycles. The third kappa shape index (κ3) is 3.54. The van der Waals surface area contributed by atoms with Gasteiger partial charge in [-0.15, -0.1) is 10.2 Å². The lowest BCUT2D eigenvalue weighted by molar-refractivity contribution is 0.820. The minimum absolute atomic E-state index is 0.163. The zero-order chi connectivity index (χ0) is 19.7. The van der Waals surface area contributed by atoms with Gasteiger partial charge in [0.1, 0.15) is 0 Å². The average Bonchev–Trinajstić information content (AvgIpc) is 3.08. The summed E-state index contributed by atoms with van der Waals surface area (Å²) in [6.45, 7) is 0.519. The molecule has 0 fully saturated rings. The topological polar surface area (TPSA) is 102 Å². The Morgan fingerprint density at radius 1 is 1.07 bits per heavy atom. The molecule has 2 aromatic carbocycles. The maximum absolute atomic E-state index is 12.5. The molecule has 0 aliphatic heterocycles. The number of fused-ring (bicyclic) bond motifs is 1. The van der Waals surface area contributed by atoms with Gasteiger partial charge in [-0.3, -0.25) is 4.79 Å². The highest BCUT2D eigenvalue weighted by Gasteiger charge is 2.12. The van der Waals surface area contributed by atoms with Gasteiger partial charge in [-0.1, -0.05) is 35.3 Å². The largest absolute Gasteiger partial charge is 0.361 e. The quantitative estimate of drug-likeness (QED) is 0.434. The number of nitrogens with zero attached hydrogens (tertiary/aromatic N) is 3. The number of H-pyrrole nitrogens is 1. The van der Waals surface area contributed by atoms with Gasteiger partial charge in [0.2, 0.25) is 5.95 Å². The molecule has 7 nitrogen and oxygen atoms in total. The summed E-state index contributed by atoms with van der Waals surface area (Å²) >= 11 is 12.0. The highest BCUT2D eigenvalue weighted by molar-refractivity contribution is 6.31. The Morgan fingerprint density at radius 2 is 1.82 bits per heavy atom. The summed E-state index contributed by atoms with van der Waals surface area (Å²) < 4.78 is 0.961. The van der Waals surface area contributed by atoms with Gasteiger partial charge in [-0.2, -0.15) is 4.68 Å². The van der Waals surface area contributed by atoms with Crippen molar-refractivity contribution in [3.05, 3.63) is 74.6 Å². The molecule has 0 saturated heterocycles. The normalized spacial score (nSPS) is 11.1. The summed E-state index contributed by atoms with van der Waals surface area (Å²) in [4.78, 5) is 15.7. The first-order valence-corrected chi connectivity index (χ1v) is 9.28. The van der Waals surface area contributed by atoms with E-state index >= 15 is 0 Å². The summed E-state index contributed by atoms with van der Waals surface area (Å²) in [6.07, 6.45) is 2.63. The van der Waals surface area contributed by atoms with E-state index in [1.54, 1.807) is 24.3 Å². The molecule has 4 aromatic rings. The van der Waals surface area contributed by atoms with Crippen LogP contribution < -0.4 is 16.7 Å². The summed E-state index contributed by atoms with van der Waals surface area (Å²) in [6, 6.07) is 12.5. The lowest BCUT2D eigenvalue weighted by Gasteiger charge is -2.10. The first kappa shape index (κ1) is 18.3. The van der Waals surface area contributed by atoms with E-state index in [2.05, 4.69) is 20.5 Å². The van der Waals surface area contributed by atoms with Crippen molar-refractivity contribution in [2.24, 2.45) is 0 Å². The first-order chi connectivity index (χ1) is 13.5. The molecule has 0 amide bonds. The standard InChI is InChI=1S/C19H16Cl2N6O/c20-13-3-1-11(2-4-13)17-18(28)27(22)19(26-25-17)23-8-7-12-10-24-16-6-5-14(21)9-15(12)16/h1-6,9-10,24H,7-8,22H2,(H,23,26). The summed E-state index contributed by atoms with van der Waals surface area (Å²) in [5.41, 5.74) is 2.43. The van der Waals surface area contributed by atoms with Crippen molar-refractivity contribution in [1.29, 1.82) is 0 Å². The molecule has 9 heteroatoms. The molecule has 0 aliphatic rings. The van der Waals surface area contributed by atoms with Gasteiger partial charge in [0, 0.05) is 39.3 Å². The van der Waals surface area contributed by atoms with Crippen molar-refractivity contribution in [3.8, 4) is 11.3 Å². The van der Waals surface area contributed by atoms with Crippen LogP contribution in [0.5, 0.6) is 0 Å². The third-order valence-electron chi connectivity index (χ3n) is 4.42. The fourth-order valence-corrected chi connectivity index (χ4v) is 3.27. The number of aromatic nitrogens is 4. The number of nitrogen functional groups attached to an aromatic ring is 1. The van der Waals surface area contributed by atoms with Gasteiger partial charge in [-0.25, -0.2) is 0 Å². The lowest BCUT2D eigenvalue weighted by atomic mass is 10.1. The number of anilines is 1. The number of nitrogens with one attached hydrogen (secondary N) is 2. The SMILES string of the molecule is Nn1c(NCCc2c[nH]c3ccc(Cl)cc23)nnc(-c2ccc(Cl)cc2)c1=O. The molecule has 4 N–H and O–H groups in total. The molecule has 0 unspecified atom stereocenters. The Labute approximate surface area is 170 Å². The van der Waals surface area contributed by atoms with Crippen molar-refractivity contribution < 1.29 is 0 Å². The number of hydrogen-bond acceptors (Lipinski definition) is 5. The minimum Gasteiger partial charge on any atom is -0.361 e. The molecule has 2 heterocycles. The molecule has 0 bridgehead atoms. The van der Waals surface area contributed by atoms with E-state index in [1.165, 1.54) is 0 Å². The Hall–Kier alpha value is -3.03. The van der Waals surface area contributed by atoms with Crippen molar-refractivity contribution in [3.63, 3.8) is 0 Å². The molecule has 0 spiro atoms. The Bertz CT molecular complexity index is 1200. The number of halogens is 2. The minimum atomic E-state index is -0.446. The van der Waals surface area contributed by atoms with Crippen LogP contribution in [0.3, 0.4) is 0 Å². The van der Waals surface area contributed by atoms with Gasteiger partial charge in [0.15, 0.2) is 5.69 Å². The van der Waals surface area contributed by atoms with Gasteiger partial charge in [0.25, 0.3) is 5.56 Å². The van der Waals surface area contributed by atoms with Crippen molar-refractivity contribution >= 4 is 40.1 Å². The van der Waals surface area contributed by atoms with Crippen LogP contribution in [0.15, 0.2) is 53.5 Å². The van der Waals surface area contributed by atoms with Crippen molar-refractivity contribution in [2.45, 2.75) is 6.42 Å². The molecule has 0 radical (unpaired) electrons. The van der Waals surface area contributed by atoms with Gasteiger partial charge < -0.3 is 16.1 Å². The number of nitrogens with two attached hydrogens (primary N) is 1. The molecular weight excluding hydrogens is 399 g/mol. The van der Waals surface area contributed by atoms with Crippen molar-refractivity contribution in [1.82, 2.24) is 19.9 Å². The first-order valence-electron chi connectivity index (χ1n) is 8.53. The highest BCUT2D eigenvalue weighted by Crippen LogP contribution is 2.22. The summed E-state index contributed by atoms with van der Waals surface area (Å²) in [7, 11) is 0. The smallest absolute Gasteiger partial charge is 0.300 e. The highest BCUT2D eigenvalue weighted by atomic mass is 35.5. The summed E-state index contributed by atoms with van der Waals surface area (Å²) in [5, 5.41) is 13.4. The van der Waals surface area contributed by atoms with E-state index in [0.717, 1.165) is 21.1 Å². The molecule has 2 aromatic heterocycles. The van der Waals surface area contributed by atoms with E-state index in [0.29, 0.717) is 28.6 Å². The van der Waals surface area contributed by atoms with Gasteiger partial charge >= 0.3 is 0 Å². The second-order valence-electron chi connectivity index (χ2n) is 6.23. The van der Waals surface area contributed by atoms with Crippen LogP contribution in [-0.2, 0) is 6.42 Å². The fraction of sp³-hybridized carbons (Fsp3) is 0.105. The van der Waals surface area contributed by atoms with E-state index in [-0.39, 0.29) is 11.6 Å². The van der Waals surface area contributed by atoms with Crippen molar-refractivity contribution in [2.75, 3.05) is 17.7 Å². The lowest BCUT2D eigenvalue weighted by Crippen LogP contribution is -2.33. The second kappa shape index (κ2) is 7.53. The molecule has 0 saturated carbocycles. The van der Waals surface area contributed by atoms with Crippen LogP contribution in [0.4, 0.5) is 5.95 Å². The zero-order valence-electron chi connectivity index (χ0n) is 14.6. The maximum Gasteiger partial charge on any atom is 0.300 e. The van der Waals surface area contributed by atoms with E-state index in [1.807, 2.05) is 24.4 Å². The van der Waals surface area contributed by atoms with E-state index in [4.69, 9.17) is 29.0 Å². The molecule has 4 rings (SSSR count). The third-order valence-corrected chi connectivity index (χ3v) is 4.91. The van der Waals surface area contributed by atoms with Gasteiger partial charge in [-0.05, 0) is 42.3 Å². The summed E-state index contributed by atoms with van der Waals surface area (Å²) in [5.74, 6) is 6.10. The monoisotopic (exact) mass is 414 g/mol. The van der Waals surface area contributed by atoms with Gasteiger partial charge in [0.05, 0.1) is 0 Å². The van der Waals surface area contributed by atoms with E-state index in [9.17, 15) is 4.79 Å².